The van der Waals surface area contributed by atoms with Crippen LogP contribution in [0.2, 0.25) is 0 Å². The third-order valence-corrected chi connectivity index (χ3v) is 2.93. The summed E-state index contributed by atoms with van der Waals surface area (Å²) in [6, 6.07) is 7.44. The summed E-state index contributed by atoms with van der Waals surface area (Å²) in [5.41, 5.74) is 0.669. The van der Waals surface area contributed by atoms with E-state index in [-0.39, 0.29) is 11.8 Å². The second-order valence-corrected chi connectivity index (χ2v) is 4.29. The van der Waals surface area contributed by atoms with E-state index < -0.39 is 0 Å². The maximum Gasteiger partial charge on any atom is 0.252 e. The molecule has 0 aliphatic heterocycles. The van der Waals surface area contributed by atoms with Gasteiger partial charge in [-0.25, -0.2) is 0 Å². The minimum absolute atomic E-state index is 0.0937. The molecule has 0 heterocycles. The lowest BCUT2D eigenvalue weighted by molar-refractivity contribution is -0.118. The lowest BCUT2D eigenvalue weighted by Crippen LogP contribution is -2.33. The molecule has 0 saturated carbocycles. The average molecular weight is 252 g/mol. The van der Waals surface area contributed by atoms with Crippen LogP contribution in [0.15, 0.2) is 29.2 Å². The van der Waals surface area contributed by atoms with Gasteiger partial charge in [-0.1, -0.05) is 12.1 Å². The monoisotopic (exact) mass is 252 g/mol. The standard InChI is InChI=1S/C12H16N2O2S/c1-9(15)13-7-8-14-12(16)10-5-3-4-6-11(10)17-2/h3-6H,7-8H2,1-2H3,(H,13,15)(H,14,16). The molecule has 0 unspecified atom stereocenters. The lowest BCUT2D eigenvalue weighted by atomic mass is 10.2. The van der Waals surface area contributed by atoms with E-state index in [2.05, 4.69) is 10.6 Å². The number of rotatable bonds is 5. The number of benzene rings is 1. The van der Waals surface area contributed by atoms with Crippen LogP contribution < -0.4 is 10.6 Å². The van der Waals surface area contributed by atoms with Crippen molar-refractivity contribution < 1.29 is 9.59 Å². The van der Waals surface area contributed by atoms with Crippen molar-refractivity contribution in [3.05, 3.63) is 29.8 Å². The molecular formula is C12H16N2O2S. The quantitative estimate of drug-likeness (QED) is 0.613. The molecule has 4 nitrogen and oxygen atoms in total. The van der Waals surface area contributed by atoms with Gasteiger partial charge in [0.15, 0.2) is 0 Å². The molecule has 0 aromatic heterocycles. The molecule has 5 heteroatoms. The van der Waals surface area contributed by atoms with Gasteiger partial charge in [0.1, 0.15) is 0 Å². The van der Waals surface area contributed by atoms with Crippen molar-refractivity contribution in [1.82, 2.24) is 10.6 Å². The van der Waals surface area contributed by atoms with Crippen LogP contribution in [-0.4, -0.2) is 31.2 Å². The Bertz CT molecular complexity index is 407. The Morgan fingerprint density at radius 2 is 1.82 bits per heavy atom. The van der Waals surface area contributed by atoms with Crippen molar-refractivity contribution in [2.24, 2.45) is 0 Å². The first-order chi connectivity index (χ1) is 8.15. The van der Waals surface area contributed by atoms with Crippen molar-refractivity contribution in [3.63, 3.8) is 0 Å². The molecule has 1 aromatic carbocycles. The van der Waals surface area contributed by atoms with Gasteiger partial charge in [-0.3, -0.25) is 9.59 Å². The fraction of sp³-hybridized carbons (Fsp3) is 0.333. The van der Waals surface area contributed by atoms with Crippen molar-refractivity contribution in [1.29, 1.82) is 0 Å². The first kappa shape index (κ1) is 13.6. The van der Waals surface area contributed by atoms with E-state index in [0.29, 0.717) is 18.7 Å². The molecule has 0 radical (unpaired) electrons. The number of nitrogens with one attached hydrogen (secondary N) is 2. The summed E-state index contributed by atoms with van der Waals surface area (Å²) in [4.78, 5) is 23.4. The largest absolute Gasteiger partial charge is 0.355 e. The van der Waals surface area contributed by atoms with E-state index in [1.54, 1.807) is 6.07 Å². The van der Waals surface area contributed by atoms with Crippen LogP contribution >= 0.6 is 11.8 Å². The van der Waals surface area contributed by atoms with E-state index in [0.717, 1.165) is 4.90 Å². The lowest BCUT2D eigenvalue weighted by Gasteiger charge is -2.08. The van der Waals surface area contributed by atoms with Gasteiger partial charge >= 0.3 is 0 Å². The highest BCUT2D eigenvalue weighted by molar-refractivity contribution is 7.98. The highest BCUT2D eigenvalue weighted by Crippen LogP contribution is 2.19. The van der Waals surface area contributed by atoms with Gasteiger partial charge in [0.05, 0.1) is 5.56 Å². The van der Waals surface area contributed by atoms with E-state index >= 15 is 0 Å². The molecule has 0 saturated heterocycles. The van der Waals surface area contributed by atoms with Gasteiger partial charge in [-0.15, -0.1) is 11.8 Å². The zero-order chi connectivity index (χ0) is 12.7. The number of hydrogen-bond donors (Lipinski definition) is 2. The summed E-state index contributed by atoms with van der Waals surface area (Å²) in [5, 5.41) is 5.38. The Hall–Kier alpha value is -1.49. The number of carbonyl (C=O) groups is 2. The van der Waals surface area contributed by atoms with E-state index in [1.165, 1.54) is 18.7 Å². The SMILES string of the molecule is CSc1ccccc1C(=O)NCCNC(C)=O. The van der Waals surface area contributed by atoms with Gasteiger partial charge in [0.2, 0.25) is 5.91 Å². The summed E-state index contributed by atoms with van der Waals surface area (Å²) in [7, 11) is 0. The molecule has 0 aliphatic carbocycles. The molecule has 17 heavy (non-hydrogen) atoms. The van der Waals surface area contributed by atoms with Gasteiger partial charge in [-0.05, 0) is 18.4 Å². The van der Waals surface area contributed by atoms with Gasteiger partial charge in [0, 0.05) is 24.9 Å². The maximum absolute atomic E-state index is 11.8. The Balaban J connectivity index is 2.49. The molecule has 0 atom stereocenters. The normalized spacial score (nSPS) is 9.76. The van der Waals surface area contributed by atoms with Crippen molar-refractivity contribution >= 4 is 23.6 Å². The first-order valence-corrected chi connectivity index (χ1v) is 6.53. The van der Waals surface area contributed by atoms with E-state index in [9.17, 15) is 9.59 Å². The topological polar surface area (TPSA) is 58.2 Å². The second-order valence-electron chi connectivity index (χ2n) is 3.44. The molecule has 0 spiro atoms. The van der Waals surface area contributed by atoms with Crippen LogP contribution in [0, 0.1) is 0 Å². The summed E-state index contributed by atoms with van der Waals surface area (Å²) in [5.74, 6) is -0.205. The van der Waals surface area contributed by atoms with Crippen LogP contribution in [0.1, 0.15) is 17.3 Å². The van der Waals surface area contributed by atoms with Gasteiger partial charge < -0.3 is 10.6 Å². The summed E-state index contributed by atoms with van der Waals surface area (Å²) >= 11 is 1.54. The summed E-state index contributed by atoms with van der Waals surface area (Å²) < 4.78 is 0. The summed E-state index contributed by atoms with van der Waals surface area (Å²) in [6.07, 6.45) is 1.93. The molecule has 1 rings (SSSR count). The van der Waals surface area contributed by atoms with Crippen LogP contribution in [0.25, 0.3) is 0 Å². The zero-order valence-electron chi connectivity index (χ0n) is 9.95. The number of amides is 2. The van der Waals surface area contributed by atoms with Crippen LogP contribution in [0.4, 0.5) is 0 Å². The molecule has 1 aromatic rings. The van der Waals surface area contributed by atoms with Crippen LogP contribution in [0.5, 0.6) is 0 Å². The molecule has 0 bridgehead atoms. The Morgan fingerprint density at radius 1 is 1.18 bits per heavy atom. The van der Waals surface area contributed by atoms with Crippen molar-refractivity contribution in [2.75, 3.05) is 19.3 Å². The van der Waals surface area contributed by atoms with Gasteiger partial charge in [-0.2, -0.15) is 0 Å². The average Bonchev–Trinajstić information content (AvgIpc) is 2.34. The minimum Gasteiger partial charge on any atom is -0.355 e. The van der Waals surface area contributed by atoms with Crippen molar-refractivity contribution in [3.8, 4) is 0 Å². The Kier molecular flexibility index (Phi) is 5.56. The fourth-order valence-electron chi connectivity index (χ4n) is 1.34. The van der Waals surface area contributed by atoms with E-state index in [1.807, 2.05) is 24.5 Å². The number of thioether (sulfide) groups is 1. The highest BCUT2D eigenvalue weighted by Gasteiger charge is 2.08. The third kappa shape index (κ3) is 4.48. The number of carbonyl (C=O) groups excluding carboxylic acids is 2. The van der Waals surface area contributed by atoms with E-state index in [4.69, 9.17) is 0 Å². The molecule has 2 amide bonds. The number of hydrogen-bond acceptors (Lipinski definition) is 3. The predicted octanol–water partition coefficient (Wildman–Crippen LogP) is 1.27. The highest BCUT2D eigenvalue weighted by atomic mass is 32.2. The first-order valence-electron chi connectivity index (χ1n) is 5.31. The molecule has 0 fully saturated rings. The maximum atomic E-state index is 11.8. The minimum atomic E-state index is -0.111. The van der Waals surface area contributed by atoms with Gasteiger partial charge in [0.25, 0.3) is 5.91 Å². The Morgan fingerprint density at radius 3 is 2.47 bits per heavy atom. The predicted molar refractivity (Wildman–Crippen MR) is 69.2 cm³/mol. The summed E-state index contributed by atoms with van der Waals surface area (Å²) in [6.45, 7) is 2.33. The van der Waals surface area contributed by atoms with Crippen LogP contribution in [0.3, 0.4) is 0 Å². The second kappa shape index (κ2) is 6.96. The Labute approximate surface area is 105 Å². The van der Waals surface area contributed by atoms with Crippen LogP contribution in [-0.2, 0) is 4.79 Å². The molecular weight excluding hydrogens is 236 g/mol. The van der Waals surface area contributed by atoms with Crippen molar-refractivity contribution in [2.45, 2.75) is 11.8 Å². The molecule has 2 N–H and O–H groups in total. The smallest absolute Gasteiger partial charge is 0.252 e. The molecule has 92 valence electrons. The third-order valence-electron chi connectivity index (χ3n) is 2.14. The fourth-order valence-corrected chi connectivity index (χ4v) is 1.94. The zero-order valence-corrected chi connectivity index (χ0v) is 10.8. The molecule has 0 aliphatic rings.